The highest BCUT2D eigenvalue weighted by atomic mass is 35.5. The van der Waals surface area contributed by atoms with Crippen molar-refractivity contribution in [3.8, 4) is 5.69 Å². The lowest BCUT2D eigenvalue weighted by Gasteiger charge is -2.15. The van der Waals surface area contributed by atoms with Gasteiger partial charge in [0, 0.05) is 17.2 Å². The van der Waals surface area contributed by atoms with Crippen molar-refractivity contribution < 1.29 is 13.9 Å². The first-order valence-electron chi connectivity index (χ1n) is 10.8. The smallest absolute Gasteiger partial charge is 0.337 e. The predicted octanol–water partition coefficient (Wildman–Crippen LogP) is 3.20. The molecule has 0 N–H and O–H groups in total. The summed E-state index contributed by atoms with van der Waals surface area (Å²) in [7, 11) is 0. The molecule has 0 amide bonds. The summed E-state index contributed by atoms with van der Waals surface area (Å²) in [6.07, 6.45) is 2.67. The molecule has 0 unspecified atom stereocenters. The second kappa shape index (κ2) is 9.00. The predicted molar refractivity (Wildman–Crippen MR) is 124 cm³/mol. The van der Waals surface area contributed by atoms with Gasteiger partial charge in [-0.15, -0.1) is 0 Å². The van der Waals surface area contributed by atoms with Crippen LogP contribution in [0.25, 0.3) is 16.9 Å². The van der Waals surface area contributed by atoms with E-state index in [9.17, 15) is 18.8 Å². The Labute approximate surface area is 197 Å². The Balaban J connectivity index is 1.66. The Morgan fingerprint density at radius 3 is 2.53 bits per heavy atom. The molecule has 5 rings (SSSR count). The Bertz CT molecular complexity index is 1480. The van der Waals surface area contributed by atoms with Crippen LogP contribution >= 0.6 is 11.6 Å². The summed E-state index contributed by atoms with van der Waals surface area (Å²) in [6.45, 7) is 0.487. The number of fused-ring (bicyclic) bond motifs is 1. The number of nitrogens with zero attached hydrogens (tertiary/aromatic N) is 4. The Morgan fingerprint density at radius 1 is 1.12 bits per heavy atom. The van der Waals surface area contributed by atoms with Gasteiger partial charge in [-0.3, -0.25) is 14.2 Å². The van der Waals surface area contributed by atoms with Crippen LogP contribution in [0.4, 0.5) is 4.39 Å². The van der Waals surface area contributed by atoms with Crippen molar-refractivity contribution in [2.24, 2.45) is 0 Å². The molecule has 0 aliphatic carbocycles. The number of carbonyl (C=O) groups is 1. The number of ketones is 1. The number of hydrogen-bond acceptors (Lipinski definition) is 5. The van der Waals surface area contributed by atoms with Crippen molar-refractivity contribution in [2.45, 2.75) is 32.0 Å². The molecule has 10 heteroatoms. The van der Waals surface area contributed by atoms with E-state index in [1.807, 2.05) is 0 Å². The summed E-state index contributed by atoms with van der Waals surface area (Å²) in [6, 6.07) is 11.8. The van der Waals surface area contributed by atoms with Crippen molar-refractivity contribution in [1.29, 1.82) is 0 Å². The molecule has 4 aromatic rings. The van der Waals surface area contributed by atoms with E-state index >= 15 is 0 Å². The third-order valence-corrected chi connectivity index (χ3v) is 6.13. The molecule has 0 radical (unpaired) electrons. The van der Waals surface area contributed by atoms with E-state index in [-0.39, 0.29) is 36.1 Å². The first-order valence-corrected chi connectivity index (χ1v) is 11.2. The van der Waals surface area contributed by atoms with E-state index in [4.69, 9.17) is 16.3 Å². The summed E-state index contributed by atoms with van der Waals surface area (Å²) in [5.74, 6) is -0.708. The highest BCUT2D eigenvalue weighted by Gasteiger charge is 2.24. The molecule has 3 heterocycles. The van der Waals surface area contributed by atoms with Crippen molar-refractivity contribution in [1.82, 2.24) is 18.7 Å². The fourth-order valence-electron chi connectivity index (χ4n) is 4.16. The summed E-state index contributed by atoms with van der Waals surface area (Å²) in [4.78, 5) is 44.0. The van der Waals surface area contributed by atoms with E-state index in [1.54, 1.807) is 24.3 Å². The van der Waals surface area contributed by atoms with Gasteiger partial charge in [-0.1, -0.05) is 11.6 Å². The zero-order chi connectivity index (χ0) is 23.8. The number of rotatable bonds is 6. The van der Waals surface area contributed by atoms with Crippen molar-refractivity contribution in [3.05, 3.63) is 92.1 Å². The number of benzene rings is 2. The lowest BCUT2D eigenvalue weighted by atomic mass is 10.1. The third kappa shape index (κ3) is 4.08. The van der Waals surface area contributed by atoms with Gasteiger partial charge < -0.3 is 9.30 Å². The van der Waals surface area contributed by atoms with Crippen LogP contribution in [0.2, 0.25) is 5.02 Å². The van der Waals surface area contributed by atoms with Gasteiger partial charge in [0.2, 0.25) is 0 Å². The molecular formula is C24H20ClFN4O4. The van der Waals surface area contributed by atoms with E-state index in [0.29, 0.717) is 22.9 Å². The molecule has 1 aliphatic rings. The van der Waals surface area contributed by atoms with Crippen LogP contribution in [0.15, 0.2) is 64.4 Å². The van der Waals surface area contributed by atoms with Crippen molar-refractivity contribution in [2.75, 3.05) is 6.61 Å². The van der Waals surface area contributed by atoms with Gasteiger partial charge in [-0.2, -0.15) is 0 Å². The van der Waals surface area contributed by atoms with Crippen LogP contribution in [-0.2, 0) is 17.8 Å². The van der Waals surface area contributed by atoms with Gasteiger partial charge in [0.25, 0.3) is 5.56 Å². The maximum absolute atomic E-state index is 13.5. The number of Topliss-reactive ketones (excluding diaryl/α,β-unsaturated/α-hetero) is 1. The van der Waals surface area contributed by atoms with E-state index in [0.717, 1.165) is 17.4 Å². The van der Waals surface area contributed by atoms with Crippen LogP contribution < -0.4 is 11.2 Å². The Morgan fingerprint density at radius 2 is 1.85 bits per heavy atom. The van der Waals surface area contributed by atoms with E-state index in [1.165, 1.54) is 39.7 Å². The van der Waals surface area contributed by atoms with Gasteiger partial charge in [0.1, 0.15) is 5.82 Å². The molecule has 1 fully saturated rings. The molecule has 1 atom stereocenters. The summed E-state index contributed by atoms with van der Waals surface area (Å²) >= 11 is 5.91. The average molecular weight is 483 g/mol. The molecule has 1 aliphatic heterocycles. The van der Waals surface area contributed by atoms with Gasteiger partial charge in [-0.05, 0) is 61.4 Å². The topological polar surface area (TPSA) is 88.1 Å². The number of halogens is 2. The number of ether oxygens (including phenoxy) is 1. The molecule has 174 valence electrons. The molecule has 34 heavy (non-hydrogen) atoms. The standard InChI is InChI=1S/C24H20ClFN4O4/c25-16-5-3-15(4-6-16)20(31)13-28-14-27-22-21(28)23(32)29(12-19-2-1-11-34-19)24(33)30(22)18-9-7-17(26)8-10-18/h3-10,14,19H,1-2,11-13H2/t19-/m0/s1. The monoisotopic (exact) mass is 482 g/mol. The Hall–Kier alpha value is -3.56. The Kier molecular flexibility index (Phi) is 5.89. The van der Waals surface area contributed by atoms with Crippen LogP contribution in [0.3, 0.4) is 0 Å². The average Bonchev–Trinajstić information content (AvgIpc) is 3.49. The second-order valence-corrected chi connectivity index (χ2v) is 8.56. The van der Waals surface area contributed by atoms with Gasteiger partial charge >= 0.3 is 5.69 Å². The SMILES string of the molecule is O=C(Cn1cnc2c1c(=O)n(C[C@@H]1CCCO1)c(=O)n2-c1ccc(F)cc1)c1ccc(Cl)cc1. The second-order valence-electron chi connectivity index (χ2n) is 8.12. The highest BCUT2D eigenvalue weighted by Crippen LogP contribution is 2.17. The minimum Gasteiger partial charge on any atom is -0.376 e. The summed E-state index contributed by atoms with van der Waals surface area (Å²) in [5.41, 5.74) is -0.188. The maximum Gasteiger partial charge on any atom is 0.337 e. The van der Waals surface area contributed by atoms with Gasteiger partial charge in [0.15, 0.2) is 16.9 Å². The number of imidazole rings is 1. The number of hydrogen-bond donors (Lipinski definition) is 0. The zero-order valence-electron chi connectivity index (χ0n) is 18.0. The minimum atomic E-state index is -0.603. The van der Waals surface area contributed by atoms with Gasteiger partial charge in [-0.25, -0.2) is 18.7 Å². The molecular weight excluding hydrogens is 463 g/mol. The van der Waals surface area contributed by atoms with Crippen LogP contribution in [0, 0.1) is 5.82 Å². The molecule has 8 nitrogen and oxygen atoms in total. The molecule has 1 saturated heterocycles. The van der Waals surface area contributed by atoms with Gasteiger partial charge in [0.05, 0.1) is 31.2 Å². The fourth-order valence-corrected chi connectivity index (χ4v) is 4.28. The van der Waals surface area contributed by atoms with Crippen LogP contribution in [0.1, 0.15) is 23.2 Å². The lowest BCUT2D eigenvalue weighted by Crippen LogP contribution is -2.42. The zero-order valence-corrected chi connectivity index (χ0v) is 18.7. The molecule has 2 aromatic carbocycles. The van der Waals surface area contributed by atoms with E-state index < -0.39 is 17.1 Å². The summed E-state index contributed by atoms with van der Waals surface area (Å²) in [5, 5.41) is 0.505. The molecule has 0 saturated carbocycles. The van der Waals surface area contributed by atoms with Crippen molar-refractivity contribution in [3.63, 3.8) is 0 Å². The first kappa shape index (κ1) is 22.2. The fraction of sp³-hybridized carbons (Fsp3) is 0.250. The van der Waals surface area contributed by atoms with E-state index in [2.05, 4.69) is 4.98 Å². The molecule has 0 bridgehead atoms. The largest absolute Gasteiger partial charge is 0.376 e. The molecule has 0 spiro atoms. The quantitative estimate of drug-likeness (QED) is 0.394. The minimum absolute atomic E-state index is 0.0745. The number of carbonyl (C=O) groups excluding carboxylic acids is 1. The maximum atomic E-state index is 13.5. The van der Waals surface area contributed by atoms with Crippen LogP contribution in [0.5, 0.6) is 0 Å². The van der Waals surface area contributed by atoms with Crippen molar-refractivity contribution >= 4 is 28.5 Å². The lowest BCUT2D eigenvalue weighted by molar-refractivity contribution is 0.0947. The first-order chi connectivity index (χ1) is 16.4. The molecule has 2 aromatic heterocycles. The normalized spacial score (nSPS) is 15.8. The third-order valence-electron chi connectivity index (χ3n) is 5.88. The van der Waals surface area contributed by atoms with Crippen LogP contribution in [-0.4, -0.2) is 37.2 Å². The summed E-state index contributed by atoms with van der Waals surface area (Å²) < 4.78 is 23.0. The number of aromatic nitrogens is 4. The highest BCUT2D eigenvalue weighted by molar-refractivity contribution is 6.30.